The lowest BCUT2D eigenvalue weighted by Gasteiger charge is -2.47. The minimum atomic E-state index is -0.574. The number of ether oxygens (including phenoxy) is 2. The number of aliphatic hydroxyl groups excluding tert-OH is 1. The van der Waals surface area contributed by atoms with E-state index in [2.05, 4.69) is 16.8 Å². The van der Waals surface area contributed by atoms with Gasteiger partial charge in [0.1, 0.15) is 17.5 Å². The molecule has 26 heavy (non-hydrogen) atoms. The van der Waals surface area contributed by atoms with Gasteiger partial charge in [0, 0.05) is 35.8 Å². The maximum absolute atomic E-state index is 10.2. The molecule has 140 valence electrons. The van der Waals surface area contributed by atoms with Gasteiger partial charge in [-0.05, 0) is 37.5 Å². The van der Waals surface area contributed by atoms with Crippen LogP contribution in [0.4, 0.5) is 0 Å². The molecule has 0 unspecified atom stereocenters. The highest BCUT2D eigenvalue weighted by molar-refractivity contribution is 7.16. The van der Waals surface area contributed by atoms with Crippen LogP contribution in [0.25, 0.3) is 0 Å². The van der Waals surface area contributed by atoms with Crippen LogP contribution in [0.15, 0.2) is 24.5 Å². The third-order valence-corrected chi connectivity index (χ3v) is 6.93. The van der Waals surface area contributed by atoms with Crippen LogP contribution >= 0.6 is 22.9 Å². The Balaban J connectivity index is 1.52. The van der Waals surface area contributed by atoms with Gasteiger partial charge in [-0.3, -0.25) is 9.88 Å². The molecule has 0 saturated carbocycles. The fourth-order valence-electron chi connectivity index (χ4n) is 4.09. The number of methoxy groups -OCH3 is 1. The van der Waals surface area contributed by atoms with Crippen molar-refractivity contribution in [2.24, 2.45) is 0 Å². The van der Waals surface area contributed by atoms with Crippen LogP contribution < -0.4 is 4.74 Å². The summed E-state index contributed by atoms with van der Waals surface area (Å²) in [6, 6.07) is 4.28. The third kappa shape index (κ3) is 3.25. The molecule has 2 aliphatic rings. The minimum absolute atomic E-state index is 0.324. The number of piperidine rings is 1. The zero-order valence-corrected chi connectivity index (χ0v) is 16.5. The van der Waals surface area contributed by atoms with Gasteiger partial charge in [-0.15, -0.1) is 11.3 Å². The molecule has 1 spiro atoms. The molecule has 0 radical (unpaired) electrons. The Kier molecular flexibility index (Phi) is 4.96. The second-order valence-corrected chi connectivity index (χ2v) is 8.85. The number of hydrogen-bond donors (Lipinski definition) is 1. The number of aromatic nitrogens is 1. The molecule has 3 atom stereocenters. The number of nitrogens with zero attached hydrogens (tertiary/aromatic N) is 2. The van der Waals surface area contributed by atoms with Crippen LogP contribution in [0.2, 0.25) is 4.34 Å². The average Bonchev–Trinajstić information content (AvgIpc) is 3.05. The highest BCUT2D eigenvalue weighted by atomic mass is 35.5. The number of aliphatic hydroxyl groups is 1. The summed E-state index contributed by atoms with van der Waals surface area (Å²) >= 11 is 7.79. The predicted molar refractivity (Wildman–Crippen MR) is 102 cm³/mol. The summed E-state index contributed by atoms with van der Waals surface area (Å²) in [6.45, 7) is 4.33. The fraction of sp³-hybridized carbons (Fsp3) is 0.526. The molecule has 0 aromatic carbocycles. The van der Waals surface area contributed by atoms with Gasteiger partial charge in [0.05, 0.1) is 24.2 Å². The topological polar surface area (TPSA) is 54.8 Å². The van der Waals surface area contributed by atoms with E-state index in [0.29, 0.717) is 12.6 Å². The van der Waals surface area contributed by atoms with Crippen LogP contribution in [0.5, 0.6) is 5.75 Å². The van der Waals surface area contributed by atoms with Crippen molar-refractivity contribution < 1.29 is 14.6 Å². The summed E-state index contributed by atoms with van der Waals surface area (Å²) in [5.41, 5.74) is 1.77. The number of fused-ring (bicyclic) bond motifs is 2. The third-order valence-electron chi connectivity index (χ3n) is 5.46. The van der Waals surface area contributed by atoms with Crippen molar-refractivity contribution in [2.45, 2.75) is 44.1 Å². The molecule has 1 saturated heterocycles. The van der Waals surface area contributed by atoms with E-state index in [1.54, 1.807) is 24.6 Å². The van der Waals surface area contributed by atoms with Crippen LogP contribution in [0, 0.1) is 0 Å². The van der Waals surface area contributed by atoms with Gasteiger partial charge in [-0.25, -0.2) is 0 Å². The van der Waals surface area contributed by atoms with E-state index >= 15 is 0 Å². The SMILES string of the molecule is COc1cncc(CN2CC[C@]3(C[C@@H]2C)OC[C@H](O)c2cc(Cl)sc23)c1. The van der Waals surface area contributed by atoms with E-state index in [-0.39, 0.29) is 5.60 Å². The first kappa shape index (κ1) is 18.2. The molecule has 4 rings (SSSR count). The van der Waals surface area contributed by atoms with Gasteiger partial charge in [-0.2, -0.15) is 0 Å². The molecular formula is C19H23ClN2O3S. The lowest BCUT2D eigenvalue weighted by Crippen LogP contribution is -2.50. The number of rotatable bonds is 3. The molecule has 1 fully saturated rings. The molecule has 2 aliphatic heterocycles. The van der Waals surface area contributed by atoms with Gasteiger partial charge in [0.25, 0.3) is 0 Å². The summed E-state index contributed by atoms with van der Waals surface area (Å²) in [7, 11) is 1.66. The second kappa shape index (κ2) is 7.09. The second-order valence-electron chi connectivity index (χ2n) is 7.16. The number of hydrogen-bond acceptors (Lipinski definition) is 6. The summed E-state index contributed by atoms with van der Waals surface area (Å²) in [5.74, 6) is 0.783. The number of pyridine rings is 1. The Morgan fingerprint density at radius 3 is 3.08 bits per heavy atom. The van der Waals surface area contributed by atoms with Gasteiger partial charge in [0.15, 0.2) is 0 Å². The highest BCUT2D eigenvalue weighted by Gasteiger charge is 2.46. The molecule has 2 aromatic rings. The quantitative estimate of drug-likeness (QED) is 0.859. The van der Waals surface area contributed by atoms with Crippen molar-refractivity contribution in [2.75, 3.05) is 20.3 Å². The molecule has 1 N–H and O–H groups in total. The predicted octanol–water partition coefficient (Wildman–Crippen LogP) is 3.75. The average molecular weight is 395 g/mol. The maximum atomic E-state index is 10.2. The molecular weight excluding hydrogens is 372 g/mol. The molecule has 4 heterocycles. The molecule has 0 amide bonds. The van der Waals surface area contributed by atoms with Crippen molar-refractivity contribution in [1.29, 1.82) is 0 Å². The Morgan fingerprint density at radius 2 is 2.31 bits per heavy atom. The zero-order valence-electron chi connectivity index (χ0n) is 14.9. The maximum Gasteiger partial charge on any atom is 0.137 e. The number of likely N-dealkylation sites (tertiary alicyclic amines) is 1. The van der Waals surface area contributed by atoms with Crippen molar-refractivity contribution in [3.8, 4) is 5.75 Å². The Morgan fingerprint density at radius 1 is 1.46 bits per heavy atom. The van der Waals surface area contributed by atoms with Gasteiger partial charge in [0.2, 0.25) is 0 Å². The van der Waals surface area contributed by atoms with Crippen molar-refractivity contribution in [1.82, 2.24) is 9.88 Å². The monoisotopic (exact) mass is 394 g/mol. The number of halogens is 1. The lowest BCUT2D eigenvalue weighted by molar-refractivity contribution is -0.139. The van der Waals surface area contributed by atoms with Crippen molar-refractivity contribution in [3.63, 3.8) is 0 Å². The van der Waals surface area contributed by atoms with Crippen LogP contribution in [-0.4, -0.2) is 41.3 Å². The minimum Gasteiger partial charge on any atom is -0.495 e. The first-order valence-electron chi connectivity index (χ1n) is 8.84. The van der Waals surface area contributed by atoms with Gasteiger partial charge < -0.3 is 14.6 Å². The van der Waals surface area contributed by atoms with Crippen LogP contribution in [0.3, 0.4) is 0 Å². The van der Waals surface area contributed by atoms with E-state index in [9.17, 15) is 5.11 Å². The standard InChI is InChI=1S/C19H23ClN2O3S/c1-12-7-19(18-15(6-17(20)26-18)16(23)11-25-19)3-4-22(12)10-13-5-14(24-2)9-21-8-13/h5-6,8-9,12,16,23H,3-4,7,10-11H2,1-2H3/t12-,16-,19+/m0/s1. The van der Waals surface area contributed by atoms with E-state index in [1.165, 1.54) is 0 Å². The summed E-state index contributed by atoms with van der Waals surface area (Å²) in [6.07, 6.45) is 4.83. The Bertz CT molecular complexity index is 799. The van der Waals surface area contributed by atoms with Crippen molar-refractivity contribution in [3.05, 3.63) is 44.9 Å². The van der Waals surface area contributed by atoms with E-state index in [1.807, 2.05) is 18.3 Å². The van der Waals surface area contributed by atoms with Crippen LogP contribution in [0.1, 0.15) is 41.9 Å². The molecule has 0 aliphatic carbocycles. The largest absolute Gasteiger partial charge is 0.495 e. The smallest absolute Gasteiger partial charge is 0.137 e. The van der Waals surface area contributed by atoms with Gasteiger partial charge >= 0.3 is 0 Å². The normalized spacial score (nSPS) is 28.9. The zero-order chi connectivity index (χ0) is 18.3. The molecule has 5 nitrogen and oxygen atoms in total. The summed E-state index contributed by atoms with van der Waals surface area (Å²) in [5, 5.41) is 10.2. The fourth-order valence-corrected chi connectivity index (χ4v) is 5.57. The van der Waals surface area contributed by atoms with E-state index in [0.717, 1.165) is 52.0 Å². The molecule has 7 heteroatoms. The molecule has 2 aromatic heterocycles. The van der Waals surface area contributed by atoms with Crippen molar-refractivity contribution >= 4 is 22.9 Å². The van der Waals surface area contributed by atoms with Crippen LogP contribution in [-0.2, 0) is 16.9 Å². The number of thiophene rings is 1. The molecule has 0 bridgehead atoms. The summed E-state index contributed by atoms with van der Waals surface area (Å²) < 4.78 is 12.2. The first-order valence-corrected chi connectivity index (χ1v) is 10.0. The highest BCUT2D eigenvalue weighted by Crippen LogP contribution is 2.50. The summed E-state index contributed by atoms with van der Waals surface area (Å²) in [4.78, 5) is 7.81. The van der Waals surface area contributed by atoms with E-state index in [4.69, 9.17) is 21.1 Å². The van der Waals surface area contributed by atoms with E-state index < -0.39 is 6.10 Å². The lowest BCUT2D eigenvalue weighted by atomic mass is 9.81. The van der Waals surface area contributed by atoms with Gasteiger partial charge in [-0.1, -0.05) is 11.6 Å². The first-order chi connectivity index (χ1) is 12.5. The Hall–Kier alpha value is -1.18. The Labute approximate surface area is 162 Å².